The Balaban J connectivity index is 1.15. The second-order valence-corrected chi connectivity index (χ2v) is 14.7. The third-order valence-electron chi connectivity index (χ3n) is 7.69. The van der Waals surface area contributed by atoms with E-state index in [1.807, 2.05) is 80.6 Å². The van der Waals surface area contributed by atoms with E-state index >= 15 is 0 Å². The Hall–Kier alpha value is -5.56. The molecule has 0 unspecified atom stereocenters. The largest absolute Gasteiger partial charge is 0.322 e. The van der Waals surface area contributed by atoms with E-state index in [1.165, 1.54) is 40.9 Å². The van der Waals surface area contributed by atoms with Crippen LogP contribution in [-0.4, -0.2) is 26.9 Å². The average Bonchev–Trinajstić information content (AvgIpc) is 3.65. The molecule has 9 nitrogen and oxygen atoms in total. The highest BCUT2D eigenvalue weighted by Gasteiger charge is 2.35. The van der Waals surface area contributed by atoms with Crippen molar-refractivity contribution in [1.29, 1.82) is 0 Å². The lowest BCUT2D eigenvalue weighted by molar-refractivity contribution is -0.387. The lowest BCUT2D eigenvalue weighted by Gasteiger charge is -2.16. The van der Waals surface area contributed by atoms with E-state index in [9.17, 15) is 19.7 Å². The van der Waals surface area contributed by atoms with Crippen molar-refractivity contribution in [2.24, 2.45) is 4.99 Å². The number of hydrogen-bond acceptors (Lipinski definition) is 9. The van der Waals surface area contributed by atoms with Gasteiger partial charge in [-0.1, -0.05) is 71.4 Å². The van der Waals surface area contributed by atoms with Gasteiger partial charge in [0.25, 0.3) is 17.5 Å². The fourth-order valence-electron chi connectivity index (χ4n) is 5.12. The molecule has 1 aliphatic heterocycles. The number of aromatic nitrogens is 1. The summed E-state index contributed by atoms with van der Waals surface area (Å²) >= 11 is 3.80. The Morgan fingerprint density at radius 2 is 1.64 bits per heavy atom. The number of fused-ring (bicyclic) bond motifs is 1. The number of thiazole rings is 1. The fraction of sp³-hybridized carbons (Fsp3) is 0.0526. The van der Waals surface area contributed by atoms with Gasteiger partial charge in [0.05, 0.1) is 36.3 Å². The van der Waals surface area contributed by atoms with Gasteiger partial charge in [-0.3, -0.25) is 24.6 Å². The van der Waals surface area contributed by atoms with E-state index in [-0.39, 0.29) is 17.5 Å². The third kappa shape index (κ3) is 7.22. The molecule has 0 atom stereocenters. The van der Waals surface area contributed by atoms with Gasteiger partial charge in [-0.25, -0.2) is 9.98 Å². The highest BCUT2D eigenvalue weighted by molar-refractivity contribution is 8.19. The number of nitrogens with one attached hydrogen (secondary N) is 1. The van der Waals surface area contributed by atoms with Gasteiger partial charge in [-0.2, -0.15) is 0 Å². The van der Waals surface area contributed by atoms with Crippen LogP contribution in [0.15, 0.2) is 134 Å². The number of carbonyl (C=O) groups is 2. The van der Waals surface area contributed by atoms with E-state index in [1.54, 1.807) is 53.4 Å². The van der Waals surface area contributed by atoms with Crippen LogP contribution in [-0.2, 0) is 4.79 Å². The van der Waals surface area contributed by atoms with Crippen LogP contribution in [0.3, 0.4) is 0 Å². The highest BCUT2D eigenvalue weighted by atomic mass is 32.2. The number of benzene rings is 5. The van der Waals surface area contributed by atoms with Crippen molar-refractivity contribution >= 4 is 90.9 Å². The van der Waals surface area contributed by atoms with Gasteiger partial charge < -0.3 is 5.32 Å². The second kappa shape index (κ2) is 14.1. The minimum absolute atomic E-state index is 0.0983. The molecular formula is C38H27N5O4S3. The second-order valence-electron chi connectivity index (χ2n) is 11.4. The molecule has 6 aromatic rings. The molecule has 246 valence electrons. The van der Waals surface area contributed by atoms with Crippen LogP contribution in [0.1, 0.15) is 27.0 Å². The monoisotopic (exact) mass is 713 g/mol. The Labute approximate surface area is 299 Å². The molecule has 1 fully saturated rings. The van der Waals surface area contributed by atoms with Crippen LogP contribution in [0.4, 0.5) is 22.7 Å². The van der Waals surface area contributed by atoms with Crippen LogP contribution in [0.5, 0.6) is 0 Å². The van der Waals surface area contributed by atoms with E-state index in [2.05, 4.69) is 10.3 Å². The number of nitrogens with zero attached hydrogens (tertiary/aromatic N) is 4. The first-order valence-electron chi connectivity index (χ1n) is 15.4. The van der Waals surface area contributed by atoms with Crippen molar-refractivity contribution < 1.29 is 14.5 Å². The number of thioether (sulfide) groups is 1. The molecule has 1 aromatic heterocycles. The van der Waals surface area contributed by atoms with Gasteiger partial charge >= 0.3 is 0 Å². The van der Waals surface area contributed by atoms with Gasteiger partial charge in [0.15, 0.2) is 9.51 Å². The summed E-state index contributed by atoms with van der Waals surface area (Å²) in [6.45, 7) is 3.98. The maximum Gasteiger partial charge on any atom is 0.283 e. The number of rotatable bonds is 8. The van der Waals surface area contributed by atoms with Crippen molar-refractivity contribution in [2.75, 3.05) is 10.2 Å². The summed E-state index contributed by atoms with van der Waals surface area (Å²) in [6.07, 6.45) is 1.66. The van der Waals surface area contributed by atoms with Crippen molar-refractivity contribution in [3.63, 3.8) is 0 Å². The molecule has 0 aliphatic carbocycles. The van der Waals surface area contributed by atoms with Crippen molar-refractivity contribution in [3.8, 4) is 0 Å². The highest BCUT2D eigenvalue weighted by Crippen LogP contribution is 2.41. The molecule has 50 heavy (non-hydrogen) atoms. The summed E-state index contributed by atoms with van der Waals surface area (Å²) in [7, 11) is 0. The van der Waals surface area contributed by atoms with Crippen LogP contribution >= 0.6 is 34.9 Å². The predicted molar refractivity (Wildman–Crippen MR) is 204 cm³/mol. The molecule has 5 aromatic carbocycles. The molecule has 2 heterocycles. The summed E-state index contributed by atoms with van der Waals surface area (Å²) in [5.41, 5.74) is 5.87. The third-order valence-corrected chi connectivity index (χ3v) is 10.8. The number of aryl methyl sites for hydroxylation is 2. The number of carbonyl (C=O) groups excluding carboxylic acids is 2. The smallest absolute Gasteiger partial charge is 0.283 e. The maximum absolute atomic E-state index is 13.8. The number of aliphatic imine (C=N–C) groups is 1. The molecule has 0 bridgehead atoms. The zero-order chi connectivity index (χ0) is 34.8. The molecule has 0 radical (unpaired) electrons. The Morgan fingerprint density at radius 3 is 2.36 bits per heavy atom. The van der Waals surface area contributed by atoms with Crippen LogP contribution in [0.25, 0.3) is 16.3 Å². The summed E-state index contributed by atoms with van der Waals surface area (Å²) in [5, 5.41) is 15.7. The molecule has 1 saturated heterocycles. The van der Waals surface area contributed by atoms with E-state index in [0.717, 1.165) is 21.3 Å². The quantitative estimate of drug-likeness (QED) is 0.0948. The zero-order valence-electron chi connectivity index (χ0n) is 26.7. The first-order valence-corrected chi connectivity index (χ1v) is 17.8. The summed E-state index contributed by atoms with van der Waals surface area (Å²) < 4.78 is 1.45. The normalized spacial score (nSPS) is 14.5. The number of amides is 2. The van der Waals surface area contributed by atoms with Crippen molar-refractivity contribution in [2.45, 2.75) is 23.1 Å². The molecular weight excluding hydrogens is 687 g/mol. The molecule has 12 heteroatoms. The lowest BCUT2D eigenvalue weighted by Crippen LogP contribution is -2.28. The number of anilines is 2. The van der Waals surface area contributed by atoms with Gasteiger partial charge in [0.2, 0.25) is 0 Å². The summed E-state index contributed by atoms with van der Waals surface area (Å²) in [4.78, 5) is 50.1. The maximum atomic E-state index is 13.8. The average molecular weight is 714 g/mol. The standard InChI is InChI=1S/C38H27N5O4S3/c1-23-8-13-27(14-9-23)40-37-42(29-16-10-24(2)11-17-29)36(45)34(48-37)21-25-12-19-32(31(20-25)43(46)47)49-38-41-30-18-15-28(22-33(30)50-38)39-35(44)26-6-4-3-5-7-26/h3-22H,1-2H3,(H,39,44)/b34-21-,40-37?. The molecule has 7 rings (SSSR count). The molecule has 0 saturated carbocycles. The molecule has 0 spiro atoms. The Kier molecular flexibility index (Phi) is 9.31. The predicted octanol–water partition coefficient (Wildman–Crippen LogP) is 10.0. The molecule has 1 aliphatic rings. The summed E-state index contributed by atoms with van der Waals surface area (Å²) in [6, 6.07) is 34.6. The Bertz CT molecular complexity index is 2340. The van der Waals surface area contributed by atoms with Gasteiger partial charge in [-0.15, -0.1) is 11.3 Å². The topological polar surface area (TPSA) is 118 Å². The number of nitro groups is 1. The van der Waals surface area contributed by atoms with Crippen molar-refractivity contribution in [1.82, 2.24) is 4.98 Å². The van der Waals surface area contributed by atoms with Gasteiger partial charge in [0, 0.05) is 17.3 Å². The van der Waals surface area contributed by atoms with Gasteiger partial charge in [0.1, 0.15) is 0 Å². The zero-order valence-corrected chi connectivity index (χ0v) is 29.1. The van der Waals surface area contributed by atoms with Crippen LogP contribution < -0.4 is 10.2 Å². The lowest BCUT2D eigenvalue weighted by atomic mass is 10.1. The minimum atomic E-state index is -0.429. The minimum Gasteiger partial charge on any atom is -0.322 e. The number of amidine groups is 1. The first-order chi connectivity index (χ1) is 24.2. The van der Waals surface area contributed by atoms with Crippen LogP contribution in [0, 0.1) is 24.0 Å². The van der Waals surface area contributed by atoms with Crippen molar-refractivity contribution in [3.05, 3.63) is 153 Å². The first kappa shape index (κ1) is 33.0. The SMILES string of the molecule is Cc1ccc(N=C2S/C(=C\c3ccc(Sc4nc5ccc(NC(=O)c6ccccc6)cc5s4)c([N+](=O)[O-])c3)C(=O)N2c2ccc(C)cc2)cc1. The molecule has 1 N–H and O–H groups in total. The molecule has 2 amide bonds. The Morgan fingerprint density at radius 1 is 0.920 bits per heavy atom. The van der Waals surface area contributed by atoms with Crippen LogP contribution in [0.2, 0.25) is 0 Å². The summed E-state index contributed by atoms with van der Waals surface area (Å²) in [5.74, 6) is -0.482. The number of nitro benzene ring substituents is 1. The van der Waals surface area contributed by atoms with E-state index in [4.69, 9.17) is 4.99 Å². The van der Waals surface area contributed by atoms with Gasteiger partial charge in [-0.05, 0) is 97.9 Å². The number of hydrogen-bond donors (Lipinski definition) is 1. The van der Waals surface area contributed by atoms with E-state index < -0.39 is 4.92 Å². The fourth-order valence-corrected chi connectivity index (χ4v) is 8.27. The van der Waals surface area contributed by atoms with E-state index in [0.29, 0.717) is 47.5 Å².